The molecule has 92 valence electrons. The van der Waals surface area contributed by atoms with Gasteiger partial charge in [0, 0.05) is 5.75 Å². The molecule has 0 amide bonds. The second-order valence-electron chi connectivity index (χ2n) is 3.25. The van der Waals surface area contributed by atoms with E-state index in [1.165, 1.54) is 30.6 Å². The molecule has 0 fully saturated rings. The Kier molecular flexibility index (Phi) is 6.62. The predicted octanol–water partition coefficient (Wildman–Crippen LogP) is 3.32. The smallest absolute Gasteiger partial charge is 0.313 e. The Labute approximate surface area is 116 Å². The molecule has 0 radical (unpaired) electrons. The molecule has 0 aliphatic heterocycles. The van der Waals surface area contributed by atoms with Crippen molar-refractivity contribution in [2.75, 3.05) is 19.1 Å². The summed E-state index contributed by atoms with van der Waals surface area (Å²) in [5.41, 5.74) is 0.968. The molecule has 1 rings (SSSR count). The van der Waals surface area contributed by atoms with Crippen molar-refractivity contribution in [1.82, 2.24) is 0 Å². The maximum Gasteiger partial charge on any atom is 0.313 e. The van der Waals surface area contributed by atoms with Crippen molar-refractivity contribution >= 4 is 45.2 Å². The summed E-state index contributed by atoms with van der Waals surface area (Å²) in [6.07, 6.45) is 1.94. The zero-order valence-corrected chi connectivity index (χ0v) is 12.2. The number of thiocarbonyl (C=S) groups is 1. The van der Waals surface area contributed by atoms with Crippen LogP contribution in [0.4, 0.5) is 0 Å². The molecule has 5 heteroatoms. The highest BCUT2D eigenvalue weighted by Crippen LogP contribution is 2.25. The highest BCUT2D eigenvalue weighted by molar-refractivity contribution is 8.47. The summed E-state index contributed by atoms with van der Waals surface area (Å²) >= 11 is 8.16. The molecule has 0 saturated carbocycles. The molecular weight excluding hydrogens is 272 g/mol. The average molecular weight is 286 g/mol. The maximum absolute atomic E-state index is 11.7. The van der Waals surface area contributed by atoms with Crippen LogP contribution in [0.3, 0.4) is 0 Å². The van der Waals surface area contributed by atoms with E-state index in [2.05, 4.69) is 0 Å². The van der Waals surface area contributed by atoms with Gasteiger partial charge >= 0.3 is 5.97 Å². The average Bonchev–Trinajstić information content (AvgIpc) is 2.39. The molecule has 1 unspecified atom stereocenters. The van der Waals surface area contributed by atoms with Crippen molar-refractivity contribution in [3.05, 3.63) is 35.9 Å². The number of methoxy groups -OCH3 is 1. The number of hydrogen-bond donors (Lipinski definition) is 0. The number of carbonyl (C=O) groups excluding carboxylic acids is 1. The fourth-order valence-corrected chi connectivity index (χ4v) is 2.85. The predicted molar refractivity (Wildman–Crippen MR) is 79.8 cm³/mol. The van der Waals surface area contributed by atoms with Gasteiger partial charge in [0.15, 0.2) is 0 Å². The van der Waals surface area contributed by atoms with E-state index in [-0.39, 0.29) is 11.9 Å². The monoisotopic (exact) mass is 286 g/mol. The standard InChI is InChI=1S/C12H14O2S3/c1-14-11(13)10(8-17-12(15)16-2)9-6-4-3-5-7-9/h3-7,10H,8H2,1-2H3. The topological polar surface area (TPSA) is 26.3 Å². The number of hydrogen-bond acceptors (Lipinski definition) is 5. The molecule has 1 aromatic rings. The van der Waals surface area contributed by atoms with Crippen molar-refractivity contribution in [2.24, 2.45) is 0 Å². The first-order valence-electron chi connectivity index (χ1n) is 5.02. The Balaban J connectivity index is 2.75. The zero-order chi connectivity index (χ0) is 12.7. The van der Waals surface area contributed by atoms with E-state index >= 15 is 0 Å². The van der Waals surface area contributed by atoms with Crippen molar-refractivity contribution < 1.29 is 9.53 Å². The highest BCUT2D eigenvalue weighted by Gasteiger charge is 2.21. The summed E-state index contributed by atoms with van der Waals surface area (Å²) in [6, 6.07) is 9.64. The highest BCUT2D eigenvalue weighted by atomic mass is 32.2. The molecule has 0 aliphatic carbocycles. The molecule has 1 atom stereocenters. The lowest BCUT2D eigenvalue weighted by molar-refractivity contribution is -0.141. The molecule has 0 heterocycles. The third-order valence-corrected chi connectivity index (χ3v) is 5.00. The first kappa shape index (κ1) is 14.5. The zero-order valence-electron chi connectivity index (χ0n) is 9.71. The van der Waals surface area contributed by atoms with Crippen LogP contribution in [-0.4, -0.2) is 28.6 Å². The second kappa shape index (κ2) is 7.74. The molecule has 2 nitrogen and oxygen atoms in total. The van der Waals surface area contributed by atoms with Crippen molar-refractivity contribution in [1.29, 1.82) is 0 Å². The van der Waals surface area contributed by atoms with Crippen molar-refractivity contribution in [3.63, 3.8) is 0 Å². The van der Waals surface area contributed by atoms with Crippen LogP contribution in [-0.2, 0) is 9.53 Å². The van der Waals surface area contributed by atoms with Gasteiger partial charge in [0.25, 0.3) is 0 Å². The number of ether oxygens (including phenoxy) is 1. The molecule has 0 N–H and O–H groups in total. The van der Waals surface area contributed by atoms with Gasteiger partial charge in [-0.3, -0.25) is 4.79 Å². The number of esters is 1. The van der Waals surface area contributed by atoms with Crippen LogP contribution in [0, 0.1) is 0 Å². The number of thioether (sulfide) groups is 2. The molecule has 0 aromatic heterocycles. The molecule has 17 heavy (non-hydrogen) atoms. The number of rotatable bonds is 4. The van der Waals surface area contributed by atoms with Crippen molar-refractivity contribution in [2.45, 2.75) is 5.92 Å². The van der Waals surface area contributed by atoms with Crippen molar-refractivity contribution in [3.8, 4) is 0 Å². The summed E-state index contributed by atoms with van der Waals surface area (Å²) in [5, 5.41) is 0. The fourth-order valence-electron chi connectivity index (χ4n) is 1.34. The third-order valence-electron chi connectivity index (χ3n) is 2.22. The molecule has 0 bridgehead atoms. The van der Waals surface area contributed by atoms with Gasteiger partial charge in [-0.15, -0.1) is 23.5 Å². The summed E-state index contributed by atoms with van der Waals surface area (Å²) in [7, 11) is 1.41. The SMILES string of the molecule is COC(=O)C(CSC(=S)SC)c1ccccc1. The van der Waals surface area contributed by atoms with E-state index in [1.54, 1.807) is 0 Å². The maximum atomic E-state index is 11.7. The Morgan fingerprint density at radius 2 is 2.06 bits per heavy atom. The summed E-state index contributed by atoms with van der Waals surface area (Å²) in [6.45, 7) is 0. The van der Waals surface area contributed by atoms with Gasteiger partial charge in [-0.2, -0.15) is 0 Å². The Morgan fingerprint density at radius 1 is 1.41 bits per heavy atom. The minimum atomic E-state index is -0.253. The molecule has 1 aromatic carbocycles. The summed E-state index contributed by atoms with van der Waals surface area (Å²) < 4.78 is 5.67. The van der Waals surface area contributed by atoms with Gasteiger partial charge in [0.1, 0.15) is 3.53 Å². The number of benzene rings is 1. The van der Waals surface area contributed by atoms with E-state index in [1.807, 2.05) is 36.6 Å². The minimum absolute atomic E-state index is 0.215. The van der Waals surface area contributed by atoms with Crippen LogP contribution in [0.2, 0.25) is 0 Å². The van der Waals surface area contributed by atoms with Gasteiger partial charge in [-0.1, -0.05) is 42.5 Å². The van der Waals surface area contributed by atoms with Crippen LogP contribution in [0.1, 0.15) is 11.5 Å². The summed E-state index contributed by atoms with van der Waals surface area (Å²) in [5.74, 6) is 0.153. The van der Waals surface area contributed by atoms with Crippen LogP contribution >= 0.6 is 35.7 Å². The molecule has 0 spiro atoms. The summed E-state index contributed by atoms with van der Waals surface area (Å²) in [4.78, 5) is 11.7. The van der Waals surface area contributed by atoms with Gasteiger partial charge in [-0.05, 0) is 11.8 Å². The number of carbonyl (C=O) groups is 1. The first-order chi connectivity index (χ1) is 8.19. The molecular formula is C12H14O2S3. The van der Waals surface area contributed by atoms with E-state index in [9.17, 15) is 4.79 Å². The van der Waals surface area contributed by atoms with Gasteiger partial charge in [-0.25, -0.2) is 0 Å². The quantitative estimate of drug-likeness (QED) is 0.625. The van der Waals surface area contributed by atoms with E-state index in [0.29, 0.717) is 5.75 Å². The van der Waals surface area contributed by atoms with Gasteiger partial charge in [0.05, 0.1) is 13.0 Å². The van der Waals surface area contributed by atoms with Gasteiger partial charge in [0.2, 0.25) is 0 Å². The Hall–Kier alpha value is -0.520. The van der Waals surface area contributed by atoms with E-state index in [0.717, 1.165) is 9.09 Å². The Bertz CT molecular complexity index is 379. The van der Waals surface area contributed by atoms with Gasteiger partial charge < -0.3 is 4.74 Å². The van der Waals surface area contributed by atoms with Crippen LogP contribution in [0.25, 0.3) is 0 Å². The van der Waals surface area contributed by atoms with Crippen LogP contribution in [0.5, 0.6) is 0 Å². The van der Waals surface area contributed by atoms with Crippen LogP contribution < -0.4 is 0 Å². The van der Waals surface area contributed by atoms with Crippen LogP contribution in [0.15, 0.2) is 30.3 Å². The van der Waals surface area contributed by atoms with E-state index < -0.39 is 0 Å². The lowest BCUT2D eigenvalue weighted by atomic mass is 10.0. The largest absolute Gasteiger partial charge is 0.469 e. The minimum Gasteiger partial charge on any atom is -0.469 e. The normalized spacial score (nSPS) is 11.9. The van der Waals surface area contributed by atoms with E-state index in [4.69, 9.17) is 17.0 Å². The first-order valence-corrected chi connectivity index (χ1v) is 7.64. The lowest BCUT2D eigenvalue weighted by Crippen LogP contribution is -2.17. The molecule has 0 aliphatic rings. The fraction of sp³-hybridized carbons (Fsp3) is 0.333. The second-order valence-corrected chi connectivity index (χ2v) is 6.28. The third kappa shape index (κ3) is 4.69. The molecule has 0 saturated heterocycles. The Morgan fingerprint density at radius 3 is 2.59 bits per heavy atom. The lowest BCUT2D eigenvalue weighted by Gasteiger charge is -2.14.